The third kappa shape index (κ3) is 4.45. The first-order valence-corrected chi connectivity index (χ1v) is 8.94. The highest BCUT2D eigenvalue weighted by Gasteiger charge is 2.11. The highest BCUT2D eigenvalue weighted by Crippen LogP contribution is 2.34. The average Bonchev–Trinajstić information content (AvgIpc) is 2.95. The van der Waals surface area contributed by atoms with E-state index in [0.29, 0.717) is 15.9 Å². The van der Waals surface area contributed by atoms with E-state index in [9.17, 15) is 4.79 Å². The Bertz CT molecular complexity index is 928. The molecule has 25 heavy (non-hydrogen) atoms. The van der Waals surface area contributed by atoms with E-state index in [0.717, 1.165) is 15.8 Å². The Morgan fingerprint density at radius 3 is 2.80 bits per heavy atom. The topological polar surface area (TPSA) is 63.2 Å². The van der Waals surface area contributed by atoms with Gasteiger partial charge in [-0.3, -0.25) is 4.79 Å². The number of nitrogens with one attached hydrogen (secondary N) is 2. The molecule has 1 aromatic heterocycles. The van der Waals surface area contributed by atoms with Crippen molar-refractivity contribution in [1.82, 2.24) is 10.3 Å². The lowest BCUT2D eigenvalue weighted by molar-refractivity contribution is -0.119. The number of amides is 1. The molecule has 0 atom stereocenters. The molecule has 0 radical (unpaired) electrons. The Labute approximate surface area is 159 Å². The fourth-order valence-corrected chi connectivity index (χ4v) is 3.61. The van der Waals surface area contributed by atoms with Crippen molar-refractivity contribution in [3.05, 3.63) is 53.1 Å². The predicted molar refractivity (Wildman–Crippen MR) is 106 cm³/mol. The van der Waals surface area contributed by atoms with Gasteiger partial charge in [0.1, 0.15) is 5.75 Å². The Kier molecular flexibility index (Phi) is 5.47. The van der Waals surface area contributed by atoms with Crippen LogP contribution in [0.4, 0.5) is 5.13 Å². The number of carbonyl (C=O) groups excluding carboxylic acids is 1. The maximum atomic E-state index is 12.0. The highest BCUT2D eigenvalue weighted by molar-refractivity contribution is 7.80. The number of aromatic nitrogens is 1. The van der Waals surface area contributed by atoms with Crippen molar-refractivity contribution in [3.8, 4) is 5.75 Å². The number of halogens is 1. The van der Waals surface area contributed by atoms with Gasteiger partial charge in [-0.15, -0.1) is 0 Å². The molecule has 0 fully saturated rings. The summed E-state index contributed by atoms with van der Waals surface area (Å²) < 4.78 is 6.10. The molecule has 0 bridgehead atoms. The molecule has 5 nitrogen and oxygen atoms in total. The van der Waals surface area contributed by atoms with E-state index in [4.69, 9.17) is 28.6 Å². The van der Waals surface area contributed by atoms with Crippen LogP contribution in [0.3, 0.4) is 0 Å². The zero-order chi connectivity index (χ0) is 17.8. The van der Waals surface area contributed by atoms with Gasteiger partial charge in [-0.1, -0.05) is 53.3 Å². The second kappa shape index (κ2) is 7.77. The van der Waals surface area contributed by atoms with Gasteiger partial charge in [-0.05, 0) is 23.8 Å². The van der Waals surface area contributed by atoms with Crippen LogP contribution in [0.1, 0.15) is 5.56 Å². The number of benzene rings is 2. The van der Waals surface area contributed by atoms with Crippen LogP contribution >= 0.6 is 35.2 Å². The monoisotopic (exact) mass is 391 g/mol. The van der Waals surface area contributed by atoms with Crippen molar-refractivity contribution in [2.24, 2.45) is 0 Å². The largest absolute Gasteiger partial charge is 0.495 e. The summed E-state index contributed by atoms with van der Waals surface area (Å²) in [6, 6.07) is 13.0. The van der Waals surface area contributed by atoms with E-state index < -0.39 is 0 Å². The molecule has 0 saturated carbocycles. The summed E-state index contributed by atoms with van der Waals surface area (Å²) in [4.78, 5) is 16.4. The number of thiocarbonyl (C=S) groups is 1. The van der Waals surface area contributed by atoms with Crippen molar-refractivity contribution in [2.45, 2.75) is 6.42 Å². The Morgan fingerprint density at radius 1 is 1.32 bits per heavy atom. The van der Waals surface area contributed by atoms with E-state index in [1.54, 1.807) is 13.2 Å². The fraction of sp³-hybridized carbons (Fsp3) is 0.118. The molecule has 0 saturated heterocycles. The summed E-state index contributed by atoms with van der Waals surface area (Å²) in [7, 11) is 1.56. The lowest BCUT2D eigenvalue weighted by Gasteiger charge is -2.07. The summed E-state index contributed by atoms with van der Waals surface area (Å²) in [6.45, 7) is 0. The van der Waals surface area contributed by atoms with Crippen LogP contribution in [0.25, 0.3) is 10.2 Å². The average molecular weight is 392 g/mol. The van der Waals surface area contributed by atoms with Gasteiger partial charge in [-0.25, -0.2) is 4.98 Å². The molecular formula is C17H14ClN3O2S2. The first-order chi connectivity index (χ1) is 12.0. The van der Waals surface area contributed by atoms with E-state index >= 15 is 0 Å². The van der Waals surface area contributed by atoms with Gasteiger partial charge in [0, 0.05) is 6.07 Å². The number of anilines is 1. The van der Waals surface area contributed by atoms with Crippen LogP contribution in [0.5, 0.6) is 5.75 Å². The van der Waals surface area contributed by atoms with Crippen molar-refractivity contribution in [2.75, 3.05) is 12.4 Å². The molecule has 3 rings (SSSR count). The summed E-state index contributed by atoms with van der Waals surface area (Å²) in [5.74, 6) is 0.401. The number of carbonyl (C=O) groups is 1. The number of methoxy groups -OCH3 is 1. The lowest BCUT2D eigenvalue weighted by Crippen LogP contribution is -2.35. The highest BCUT2D eigenvalue weighted by atomic mass is 35.5. The lowest BCUT2D eigenvalue weighted by atomic mass is 10.1. The minimum absolute atomic E-state index is 0.186. The van der Waals surface area contributed by atoms with Crippen LogP contribution in [0, 0.1) is 0 Å². The van der Waals surface area contributed by atoms with E-state index in [1.807, 2.05) is 36.4 Å². The van der Waals surface area contributed by atoms with Crippen molar-refractivity contribution in [3.63, 3.8) is 0 Å². The minimum Gasteiger partial charge on any atom is -0.495 e. The minimum atomic E-state index is -0.186. The van der Waals surface area contributed by atoms with Gasteiger partial charge in [-0.2, -0.15) is 0 Å². The summed E-state index contributed by atoms with van der Waals surface area (Å²) in [5.41, 5.74) is 1.65. The smallest absolute Gasteiger partial charge is 0.230 e. The van der Waals surface area contributed by atoms with Crippen molar-refractivity contribution < 1.29 is 9.53 Å². The van der Waals surface area contributed by atoms with Crippen LogP contribution in [0.15, 0.2) is 42.5 Å². The molecule has 0 aliphatic heterocycles. The molecular weight excluding hydrogens is 378 g/mol. The molecule has 0 spiro atoms. The quantitative estimate of drug-likeness (QED) is 0.658. The van der Waals surface area contributed by atoms with E-state index in [1.165, 1.54) is 11.3 Å². The van der Waals surface area contributed by atoms with E-state index in [-0.39, 0.29) is 17.4 Å². The molecule has 2 aromatic carbocycles. The second-order valence-corrected chi connectivity index (χ2v) is 6.98. The Morgan fingerprint density at radius 2 is 2.08 bits per heavy atom. The molecule has 1 amide bonds. The van der Waals surface area contributed by atoms with Crippen LogP contribution in [-0.4, -0.2) is 23.1 Å². The number of fused-ring (bicyclic) bond motifs is 1. The Hall–Kier alpha value is -2.22. The zero-order valence-electron chi connectivity index (χ0n) is 13.2. The van der Waals surface area contributed by atoms with Gasteiger partial charge in [0.2, 0.25) is 5.91 Å². The van der Waals surface area contributed by atoms with Gasteiger partial charge in [0.15, 0.2) is 10.2 Å². The summed E-state index contributed by atoms with van der Waals surface area (Å²) in [5, 5.41) is 6.85. The zero-order valence-corrected chi connectivity index (χ0v) is 15.6. The Balaban J connectivity index is 1.64. The fourth-order valence-electron chi connectivity index (χ4n) is 2.22. The van der Waals surface area contributed by atoms with Crippen molar-refractivity contribution in [1.29, 1.82) is 0 Å². The second-order valence-electron chi connectivity index (χ2n) is 5.14. The number of rotatable bonds is 4. The third-order valence-electron chi connectivity index (χ3n) is 3.34. The molecule has 8 heteroatoms. The van der Waals surface area contributed by atoms with E-state index in [2.05, 4.69) is 15.6 Å². The first-order valence-electron chi connectivity index (χ1n) is 7.34. The molecule has 128 valence electrons. The summed E-state index contributed by atoms with van der Waals surface area (Å²) >= 11 is 12.7. The van der Waals surface area contributed by atoms with Crippen molar-refractivity contribution >= 4 is 61.5 Å². The number of hydrogen-bond donors (Lipinski definition) is 2. The van der Waals surface area contributed by atoms with Gasteiger partial charge in [0.25, 0.3) is 0 Å². The summed E-state index contributed by atoms with van der Waals surface area (Å²) in [6.07, 6.45) is 0.259. The van der Waals surface area contributed by atoms with Crippen LogP contribution in [-0.2, 0) is 11.2 Å². The number of thiazole rings is 1. The standard InChI is InChI=1S/C17H14ClN3O2S2/c1-23-13-9-14-12(8-11(13)18)19-17(25-14)21-16(24)20-15(22)7-10-5-3-2-4-6-10/h2-6,8-9H,7H2,1H3,(H2,19,20,21,22,24). The molecule has 0 aliphatic rings. The number of hydrogen-bond acceptors (Lipinski definition) is 5. The maximum Gasteiger partial charge on any atom is 0.230 e. The van der Waals surface area contributed by atoms with Gasteiger partial charge >= 0.3 is 0 Å². The number of ether oxygens (including phenoxy) is 1. The first kappa shape index (κ1) is 17.6. The normalized spacial score (nSPS) is 10.5. The number of nitrogens with zero attached hydrogens (tertiary/aromatic N) is 1. The molecule has 2 N–H and O–H groups in total. The molecule has 0 unspecified atom stereocenters. The van der Waals surface area contributed by atoms with Crippen LogP contribution in [0.2, 0.25) is 5.02 Å². The SMILES string of the molecule is COc1cc2sc(NC(=S)NC(=O)Cc3ccccc3)nc2cc1Cl. The molecule has 3 aromatic rings. The third-order valence-corrected chi connectivity index (χ3v) is 4.78. The van der Waals surface area contributed by atoms with Gasteiger partial charge < -0.3 is 15.4 Å². The molecule has 0 aliphatic carbocycles. The van der Waals surface area contributed by atoms with Gasteiger partial charge in [0.05, 0.1) is 28.8 Å². The maximum absolute atomic E-state index is 12.0. The molecule has 1 heterocycles. The predicted octanol–water partition coefficient (Wildman–Crippen LogP) is 4.01. The van der Waals surface area contributed by atoms with Crippen LogP contribution < -0.4 is 15.4 Å².